The highest BCUT2D eigenvalue weighted by atomic mass is 35.5. The van der Waals surface area contributed by atoms with Crippen molar-refractivity contribution < 1.29 is 18.6 Å². The standard InChI is InChI=1S/C25H26ClFO3/c1-4-29-21-10-6-19(7-11-21)25(2,3)17-28-16-18-5-14-23(27)24(15-18)30-22-12-8-20(26)9-13-22/h5-15H,4,16-17H2,1-3H3. The molecular formula is C25H26ClFO3. The summed E-state index contributed by atoms with van der Waals surface area (Å²) >= 11 is 5.88. The average molecular weight is 429 g/mol. The van der Waals surface area contributed by atoms with Crippen LogP contribution in [0.25, 0.3) is 0 Å². The van der Waals surface area contributed by atoms with Crippen LogP contribution in [0.4, 0.5) is 4.39 Å². The fraction of sp³-hybridized carbons (Fsp3) is 0.280. The van der Waals surface area contributed by atoms with Crippen LogP contribution in [0.5, 0.6) is 17.2 Å². The van der Waals surface area contributed by atoms with Gasteiger partial charge in [0.2, 0.25) is 0 Å². The molecule has 3 rings (SSSR count). The predicted octanol–water partition coefficient (Wildman–Crippen LogP) is 7.16. The van der Waals surface area contributed by atoms with Crippen LogP contribution in [0.3, 0.4) is 0 Å². The summed E-state index contributed by atoms with van der Waals surface area (Å²) in [7, 11) is 0. The number of ether oxygens (including phenoxy) is 3. The molecule has 3 nitrogen and oxygen atoms in total. The van der Waals surface area contributed by atoms with Crippen molar-refractivity contribution >= 4 is 11.6 Å². The van der Waals surface area contributed by atoms with E-state index in [4.69, 9.17) is 25.8 Å². The molecule has 3 aromatic carbocycles. The Labute approximate surface area is 182 Å². The summed E-state index contributed by atoms with van der Waals surface area (Å²) in [5, 5.41) is 0.597. The molecule has 0 spiro atoms. The van der Waals surface area contributed by atoms with Gasteiger partial charge in [0, 0.05) is 10.4 Å². The van der Waals surface area contributed by atoms with Crippen molar-refractivity contribution in [1.82, 2.24) is 0 Å². The van der Waals surface area contributed by atoms with Gasteiger partial charge in [-0.05, 0) is 66.6 Å². The van der Waals surface area contributed by atoms with Crippen molar-refractivity contribution in [2.45, 2.75) is 32.8 Å². The van der Waals surface area contributed by atoms with E-state index in [9.17, 15) is 4.39 Å². The van der Waals surface area contributed by atoms with E-state index in [0.717, 1.165) is 16.9 Å². The molecule has 0 aliphatic carbocycles. The molecule has 0 unspecified atom stereocenters. The van der Waals surface area contributed by atoms with Crippen LogP contribution in [0.1, 0.15) is 31.9 Å². The van der Waals surface area contributed by atoms with Crippen molar-refractivity contribution in [3.8, 4) is 17.2 Å². The molecule has 0 saturated heterocycles. The number of hydrogen-bond donors (Lipinski definition) is 0. The van der Waals surface area contributed by atoms with Gasteiger partial charge in [0.1, 0.15) is 11.5 Å². The van der Waals surface area contributed by atoms with Crippen LogP contribution in [-0.4, -0.2) is 13.2 Å². The highest BCUT2D eigenvalue weighted by Gasteiger charge is 2.21. The molecule has 5 heteroatoms. The highest BCUT2D eigenvalue weighted by Crippen LogP contribution is 2.28. The topological polar surface area (TPSA) is 27.7 Å². The average Bonchev–Trinajstić information content (AvgIpc) is 2.72. The molecule has 0 atom stereocenters. The number of halogens is 2. The molecule has 0 aromatic heterocycles. The maximum Gasteiger partial charge on any atom is 0.165 e. The van der Waals surface area contributed by atoms with Crippen LogP contribution in [0, 0.1) is 5.82 Å². The lowest BCUT2D eigenvalue weighted by Crippen LogP contribution is -2.24. The first-order chi connectivity index (χ1) is 14.4. The third kappa shape index (κ3) is 5.97. The Morgan fingerprint density at radius 3 is 2.23 bits per heavy atom. The van der Waals surface area contributed by atoms with E-state index in [1.165, 1.54) is 6.07 Å². The molecular weight excluding hydrogens is 403 g/mol. The normalized spacial score (nSPS) is 11.4. The summed E-state index contributed by atoms with van der Waals surface area (Å²) in [5.74, 6) is 1.11. The molecule has 0 amide bonds. The van der Waals surface area contributed by atoms with Gasteiger partial charge in [0.25, 0.3) is 0 Å². The van der Waals surface area contributed by atoms with Gasteiger partial charge in [0.15, 0.2) is 11.6 Å². The van der Waals surface area contributed by atoms with Gasteiger partial charge in [-0.25, -0.2) is 4.39 Å². The molecule has 158 valence electrons. The second kappa shape index (κ2) is 9.96. The monoisotopic (exact) mass is 428 g/mol. The van der Waals surface area contributed by atoms with Crippen molar-refractivity contribution in [3.05, 3.63) is 88.7 Å². The molecule has 0 radical (unpaired) electrons. The van der Waals surface area contributed by atoms with E-state index < -0.39 is 5.82 Å². The third-order valence-corrected chi connectivity index (χ3v) is 4.97. The lowest BCUT2D eigenvalue weighted by molar-refractivity contribution is 0.0823. The van der Waals surface area contributed by atoms with E-state index in [1.807, 2.05) is 19.1 Å². The lowest BCUT2D eigenvalue weighted by Gasteiger charge is -2.25. The quantitative estimate of drug-likeness (QED) is 0.361. The molecule has 0 fully saturated rings. The van der Waals surface area contributed by atoms with Crippen LogP contribution in [-0.2, 0) is 16.8 Å². The van der Waals surface area contributed by atoms with Crippen LogP contribution < -0.4 is 9.47 Å². The Kier molecular flexibility index (Phi) is 7.35. The van der Waals surface area contributed by atoms with E-state index >= 15 is 0 Å². The molecule has 0 bridgehead atoms. The zero-order valence-electron chi connectivity index (χ0n) is 17.5. The van der Waals surface area contributed by atoms with E-state index in [2.05, 4.69) is 26.0 Å². The summed E-state index contributed by atoms with van der Waals surface area (Å²) in [6.07, 6.45) is 0. The smallest absolute Gasteiger partial charge is 0.165 e. The Hall–Kier alpha value is -2.56. The van der Waals surface area contributed by atoms with E-state index in [0.29, 0.717) is 30.6 Å². The third-order valence-electron chi connectivity index (χ3n) is 4.72. The highest BCUT2D eigenvalue weighted by molar-refractivity contribution is 6.30. The van der Waals surface area contributed by atoms with E-state index in [-0.39, 0.29) is 11.2 Å². The predicted molar refractivity (Wildman–Crippen MR) is 118 cm³/mol. The molecule has 0 aliphatic heterocycles. The maximum absolute atomic E-state index is 14.2. The number of benzene rings is 3. The minimum atomic E-state index is -0.427. The Bertz CT molecular complexity index is 953. The summed E-state index contributed by atoms with van der Waals surface area (Å²) in [6, 6.07) is 19.6. The second-order valence-electron chi connectivity index (χ2n) is 7.65. The Morgan fingerprint density at radius 1 is 0.900 bits per heavy atom. The van der Waals surface area contributed by atoms with Crippen molar-refractivity contribution in [2.75, 3.05) is 13.2 Å². The number of rotatable bonds is 9. The van der Waals surface area contributed by atoms with Gasteiger partial charge in [-0.15, -0.1) is 0 Å². The largest absolute Gasteiger partial charge is 0.494 e. The second-order valence-corrected chi connectivity index (χ2v) is 8.09. The molecule has 0 saturated carbocycles. The fourth-order valence-corrected chi connectivity index (χ4v) is 3.15. The zero-order valence-corrected chi connectivity index (χ0v) is 18.2. The summed E-state index contributed by atoms with van der Waals surface area (Å²) in [6.45, 7) is 7.74. The van der Waals surface area contributed by atoms with Gasteiger partial charge in [0.05, 0.1) is 19.8 Å². The summed E-state index contributed by atoms with van der Waals surface area (Å²) in [5.41, 5.74) is 1.83. The fourth-order valence-electron chi connectivity index (χ4n) is 3.02. The lowest BCUT2D eigenvalue weighted by atomic mass is 9.85. The van der Waals surface area contributed by atoms with Gasteiger partial charge in [-0.2, -0.15) is 0 Å². The minimum Gasteiger partial charge on any atom is -0.494 e. The first-order valence-electron chi connectivity index (χ1n) is 9.90. The van der Waals surface area contributed by atoms with Crippen LogP contribution in [0.2, 0.25) is 5.02 Å². The van der Waals surface area contributed by atoms with Gasteiger partial charge < -0.3 is 14.2 Å². The van der Waals surface area contributed by atoms with Crippen molar-refractivity contribution in [1.29, 1.82) is 0 Å². The first-order valence-corrected chi connectivity index (χ1v) is 10.3. The first kappa shape index (κ1) is 22.1. The summed E-state index contributed by atoms with van der Waals surface area (Å²) < 4.78 is 31.3. The molecule has 30 heavy (non-hydrogen) atoms. The SMILES string of the molecule is CCOc1ccc(C(C)(C)COCc2ccc(F)c(Oc3ccc(Cl)cc3)c2)cc1. The van der Waals surface area contributed by atoms with Crippen molar-refractivity contribution in [3.63, 3.8) is 0 Å². The van der Waals surface area contributed by atoms with Gasteiger partial charge in [-0.3, -0.25) is 0 Å². The zero-order chi connectivity index (χ0) is 21.6. The van der Waals surface area contributed by atoms with Crippen LogP contribution >= 0.6 is 11.6 Å². The van der Waals surface area contributed by atoms with E-state index in [1.54, 1.807) is 36.4 Å². The summed E-state index contributed by atoms with van der Waals surface area (Å²) in [4.78, 5) is 0. The molecule has 3 aromatic rings. The van der Waals surface area contributed by atoms with Crippen molar-refractivity contribution in [2.24, 2.45) is 0 Å². The molecule has 0 N–H and O–H groups in total. The van der Waals surface area contributed by atoms with Crippen LogP contribution in [0.15, 0.2) is 66.7 Å². The molecule has 0 aliphatic rings. The number of hydrogen-bond acceptors (Lipinski definition) is 3. The van der Waals surface area contributed by atoms with Gasteiger partial charge >= 0.3 is 0 Å². The minimum absolute atomic E-state index is 0.157. The Balaban J connectivity index is 1.60. The Morgan fingerprint density at radius 2 is 1.57 bits per heavy atom. The molecule has 0 heterocycles. The van der Waals surface area contributed by atoms with Gasteiger partial charge in [-0.1, -0.05) is 43.6 Å². The maximum atomic E-state index is 14.2.